The van der Waals surface area contributed by atoms with Crippen molar-refractivity contribution in [3.05, 3.63) is 57.9 Å². The first-order valence-corrected chi connectivity index (χ1v) is 6.57. The first-order valence-electron chi connectivity index (χ1n) is 6.57. The molecule has 1 aromatic heterocycles. The van der Waals surface area contributed by atoms with Crippen LogP contribution in [0.4, 0.5) is 0 Å². The van der Waals surface area contributed by atoms with Gasteiger partial charge in [0.1, 0.15) is 11.4 Å². The molecule has 0 aliphatic heterocycles. The number of rotatable bonds is 3. The van der Waals surface area contributed by atoms with Gasteiger partial charge in [0.05, 0.1) is 7.11 Å². The molecule has 0 N–H and O–H groups in total. The van der Waals surface area contributed by atoms with Crippen molar-refractivity contribution in [2.75, 3.05) is 7.11 Å². The molecule has 0 atom stereocenters. The zero-order valence-corrected chi connectivity index (χ0v) is 12.6. The van der Waals surface area contributed by atoms with Gasteiger partial charge in [-0.3, -0.25) is 9.78 Å². The van der Waals surface area contributed by atoms with Crippen molar-refractivity contribution in [3.63, 3.8) is 0 Å². The summed E-state index contributed by atoms with van der Waals surface area (Å²) in [4.78, 5) is 16.9. The van der Waals surface area contributed by atoms with Crippen molar-refractivity contribution < 1.29 is 9.53 Å². The Morgan fingerprint density at radius 1 is 1.00 bits per heavy atom. The Kier molecular flexibility index (Phi) is 3.89. The van der Waals surface area contributed by atoms with Crippen LogP contribution in [0.3, 0.4) is 0 Å². The molecule has 0 aliphatic carbocycles. The molecule has 2 rings (SSSR count). The molecule has 0 saturated heterocycles. The molecule has 20 heavy (non-hydrogen) atoms. The van der Waals surface area contributed by atoms with Crippen molar-refractivity contribution in [2.24, 2.45) is 0 Å². The quantitative estimate of drug-likeness (QED) is 0.800. The van der Waals surface area contributed by atoms with Crippen molar-refractivity contribution in [1.29, 1.82) is 0 Å². The third-order valence-electron chi connectivity index (χ3n) is 3.42. The second kappa shape index (κ2) is 5.45. The lowest BCUT2D eigenvalue weighted by Crippen LogP contribution is -2.09. The number of nitrogens with zero attached hydrogens (tertiary/aromatic N) is 1. The van der Waals surface area contributed by atoms with Crippen molar-refractivity contribution in [1.82, 2.24) is 4.98 Å². The lowest BCUT2D eigenvalue weighted by atomic mass is 9.97. The van der Waals surface area contributed by atoms with Gasteiger partial charge >= 0.3 is 0 Å². The number of ether oxygens (including phenoxy) is 1. The average Bonchev–Trinajstić information content (AvgIpc) is 2.40. The molecule has 3 heteroatoms. The topological polar surface area (TPSA) is 39.2 Å². The molecule has 104 valence electrons. The number of hydrogen-bond donors (Lipinski definition) is 0. The number of carbonyl (C=O) groups is 1. The van der Waals surface area contributed by atoms with Crippen molar-refractivity contribution >= 4 is 5.78 Å². The van der Waals surface area contributed by atoms with Gasteiger partial charge in [0.2, 0.25) is 5.78 Å². The zero-order valence-electron chi connectivity index (χ0n) is 12.6. The fourth-order valence-corrected chi connectivity index (χ4v) is 2.33. The van der Waals surface area contributed by atoms with E-state index < -0.39 is 0 Å². The normalized spacial score (nSPS) is 10.4. The molecule has 0 unspecified atom stereocenters. The van der Waals surface area contributed by atoms with Gasteiger partial charge in [-0.05, 0) is 62.1 Å². The molecule has 3 nitrogen and oxygen atoms in total. The Labute approximate surface area is 119 Å². The number of methoxy groups -OCH3 is 1. The summed E-state index contributed by atoms with van der Waals surface area (Å²) in [6.07, 6.45) is 1.73. The van der Waals surface area contributed by atoms with Gasteiger partial charge in [-0.15, -0.1) is 0 Å². The molecular formula is C17H19NO2. The molecule has 0 radical (unpaired) electrons. The van der Waals surface area contributed by atoms with Gasteiger partial charge in [-0.25, -0.2) is 0 Å². The highest BCUT2D eigenvalue weighted by atomic mass is 16.5. The van der Waals surface area contributed by atoms with E-state index in [9.17, 15) is 4.79 Å². The molecule has 1 aromatic carbocycles. The van der Waals surface area contributed by atoms with E-state index in [2.05, 4.69) is 4.98 Å². The fraction of sp³-hybridized carbons (Fsp3) is 0.294. The second-order valence-electron chi connectivity index (χ2n) is 5.14. The summed E-state index contributed by atoms with van der Waals surface area (Å²) in [6, 6.07) is 5.75. The summed E-state index contributed by atoms with van der Waals surface area (Å²) in [6.45, 7) is 7.74. The van der Waals surface area contributed by atoms with Crippen LogP contribution in [0.1, 0.15) is 38.3 Å². The molecule has 2 aromatic rings. The third kappa shape index (κ3) is 2.57. The molecule has 0 aliphatic rings. The van der Waals surface area contributed by atoms with Crippen LogP contribution in [0.25, 0.3) is 0 Å². The molecule has 1 heterocycles. The first kappa shape index (κ1) is 14.3. The largest absolute Gasteiger partial charge is 0.496 e. The van der Waals surface area contributed by atoms with Crippen LogP contribution < -0.4 is 4.74 Å². The van der Waals surface area contributed by atoms with Gasteiger partial charge in [-0.1, -0.05) is 6.07 Å². The van der Waals surface area contributed by atoms with Crippen LogP contribution in [0.2, 0.25) is 0 Å². The SMILES string of the molecule is COc1cc(C)c(C(=O)c2ncc(C)cc2C)cc1C. The number of aryl methyl sites for hydroxylation is 4. The number of pyridine rings is 1. The van der Waals surface area contributed by atoms with Crippen LogP contribution in [0.15, 0.2) is 24.4 Å². The second-order valence-corrected chi connectivity index (χ2v) is 5.14. The predicted octanol–water partition coefficient (Wildman–Crippen LogP) is 3.55. The Hall–Kier alpha value is -2.16. The number of hydrogen-bond acceptors (Lipinski definition) is 3. The maximum Gasteiger partial charge on any atom is 0.211 e. The monoisotopic (exact) mass is 269 g/mol. The summed E-state index contributed by atoms with van der Waals surface area (Å²) < 4.78 is 5.28. The Bertz CT molecular complexity index is 675. The Balaban J connectivity index is 2.51. The van der Waals surface area contributed by atoms with Crippen LogP contribution in [-0.4, -0.2) is 17.9 Å². The van der Waals surface area contributed by atoms with Crippen LogP contribution in [0.5, 0.6) is 5.75 Å². The summed E-state index contributed by atoms with van der Waals surface area (Å²) in [7, 11) is 1.63. The fourth-order valence-electron chi connectivity index (χ4n) is 2.33. The number of carbonyl (C=O) groups excluding carboxylic acids is 1. The van der Waals surface area contributed by atoms with E-state index in [0.717, 1.165) is 28.0 Å². The van der Waals surface area contributed by atoms with Crippen LogP contribution in [-0.2, 0) is 0 Å². The van der Waals surface area contributed by atoms with Gasteiger partial charge < -0.3 is 4.74 Å². The van der Waals surface area contributed by atoms with E-state index in [0.29, 0.717) is 11.3 Å². The lowest BCUT2D eigenvalue weighted by molar-refractivity contribution is 0.103. The third-order valence-corrected chi connectivity index (χ3v) is 3.42. The van der Waals surface area contributed by atoms with E-state index >= 15 is 0 Å². The highest BCUT2D eigenvalue weighted by Crippen LogP contribution is 2.24. The van der Waals surface area contributed by atoms with E-state index in [1.165, 1.54) is 0 Å². The number of ketones is 1. The highest BCUT2D eigenvalue weighted by Gasteiger charge is 2.17. The summed E-state index contributed by atoms with van der Waals surface area (Å²) in [5.41, 5.74) is 5.01. The van der Waals surface area contributed by atoms with Gasteiger partial charge in [0.15, 0.2) is 0 Å². The molecule has 0 spiro atoms. The predicted molar refractivity (Wildman–Crippen MR) is 79.6 cm³/mol. The van der Waals surface area contributed by atoms with Crippen molar-refractivity contribution in [3.8, 4) is 5.75 Å². The Morgan fingerprint density at radius 3 is 2.30 bits per heavy atom. The minimum absolute atomic E-state index is 0.0363. The standard InChI is InChI=1S/C17H19NO2/c1-10-6-13(4)16(18-9-10)17(19)14-7-12(3)15(20-5)8-11(14)2/h6-9H,1-5H3. The van der Waals surface area contributed by atoms with E-state index in [-0.39, 0.29) is 5.78 Å². The summed E-state index contributed by atoms with van der Waals surface area (Å²) in [5.74, 6) is 0.762. The van der Waals surface area contributed by atoms with E-state index in [4.69, 9.17) is 4.74 Å². The molecule has 0 saturated carbocycles. The Morgan fingerprint density at radius 2 is 1.70 bits per heavy atom. The van der Waals surface area contributed by atoms with Gasteiger partial charge in [0, 0.05) is 11.8 Å². The highest BCUT2D eigenvalue weighted by molar-refractivity contribution is 6.09. The van der Waals surface area contributed by atoms with Crippen LogP contribution in [0, 0.1) is 27.7 Å². The number of aromatic nitrogens is 1. The smallest absolute Gasteiger partial charge is 0.211 e. The van der Waals surface area contributed by atoms with Gasteiger partial charge in [-0.2, -0.15) is 0 Å². The molecular weight excluding hydrogens is 250 g/mol. The molecule has 0 fully saturated rings. The molecule has 0 amide bonds. The number of benzene rings is 1. The van der Waals surface area contributed by atoms with Crippen molar-refractivity contribution in [2.45, 2.75) is 27.7 Å². The summed E-state index contributed by atoms with van der Waals surface area (Å²) in [5, 5.41) is 0. The lowest BCUT2D eigenvalue weighted by Gasteiger charge is -2.11. The zero-order chi connectivity index (χ0) is 14.9. The van der Waals surface area contributed by atoms with Gasteiger partial charge in [0.25, 0.3) is 0 Å². The van der Waals surface area contributed by atoms with Crippen LogP contribution >= 0.6 is 0 Å². The molecule has 0 bridgehead atoms. The minimum Gasteiger partial charge on any atom is -0.496 e. The minimum atomic E-state index is -0.0363. The average molecular weight is 269 g/mol. The summed E-state index contributed by atoms with van der Waals surface area (Å²) >= 11 is 0. The maximum atomic E-state index is 12.6. The first-order chi connectivity index (χ1) is 9.43. The maximum absolute atomic E-state index is 12.6. The van der Waals surface area contributed by atoms with E-state index in [1.54, 1.807) is 13.3 Å². The van der Waals surface area contributed by atoms with E-state index in [1.807, 2.05) is 45.9 Å².